The summed E-state index contributed by atoms with van der Waals surface area (Å²) in [4.78, 5) is 40.4. The average Bonchev–Trinajstić information content (AvgIpc) is 3.15. The molecule has 0 radical (unpaired) electrons. The van der Waals surface area contributed by atoms with Crippen molar-refractivity contribution in [1.82, 2.24) is 9.55 Å². The lowest BCUT2D eigenvalue weighted by Crippen LogP contribution is -2.17. The van der Waals surface area contributed by atoms with E-state index in [1.807, 2.05) is 30.5 Å². The van der Waals surface area contributed by atoms with Crippen LogP contribution in [0.5, 0.6) is 0 Å². The van der Waals surface area contributed by atoms with E-state index < -0.39 is 16.7 Å². The van der Waals surface area contributed by atoms with E-state index >= 15 is 0 Å². The normalized spacial score (nSPS) is 11.2. The maximum atomic E-state index is 13.8. The van der Waals surface area contributed by atoms with Gasteiger partial charge in [0, 0.05) is 48.4 Å². The molecule has 190 valence electrons. The lowest BCUT2D eigenvalue weighted by atomic mass is 9.98. The predicted molar refractivity (Wildman–Crippen MR) is 132 cm³/mol. The molecule has 0 aliphatic carbocycles. The van der Waals surface area contributed by atoms with Gasteiger partial charge in [-0.25, -0.2) is 4.39 Å². The number of hydrogen-bond donors (Lipinski definition) is 0. The van der Waals surface area contributed by atoms with Gasteiger partial charge in [-0.15, -0.1) is 0 Å². The number of hydrogen-bond acceptors (Lipinski definition) is 6. The highest BCUT2D eigenvalue weighted by Crippen LogP contribution is 2.28. The van der Waals surface area contributed by atoms with Crippen LogP contribution in [0.25, 0.3) is 0 Å². The molecule has 2 aromatic heterocycles. The van der Waals surface area contributed by atoms with Gasteiger partial charge in [-0.3, -0.25) is 24.7 Å². The molecule has 8 nitrogen and oxygen atoms in total. The molecule has 0 unspecified atom stereocenters. The molecule has 0 amide bonds. The maximum absolute atomic E-state index is 13.8. The number of aromatic nitrogens is 2. The summed E-state index contributed by atoms with van der Waals surface area (Å²) in [5, 5.41) is 11.1. The van der Waals surface area contributed by atoms with E-state index in [0.29, 0.717) is 23.4 Å². The number of pyridine rings is 1. The van der Waals surface area contributed by atoms with Gasteiger partial charge in [-0.2, -0.15) is 0 Å². The minimum atomic E-state index is -0.719. The number of Topliss-reactive ketones (excluding diaryl/α,β-unsaturated/α-hetero) is 1. The number of carbonyl (C=O) groups excluding carboxylic acids is 2. The van der Waals surface area contributed by atoms with Crippen molar-refractivity contribution in [3.63, 3.8) is 0 Å². The van der Waals surface area contributed by atoms with Crippen molar-refractivity contribution >= 4 is 17.4 Å². The van der Waals surface area contributed by atoms with Crippen LogP contribution in [0, 0.1) is 15.9 Å². The van der Waals surface area contributed by atoms with Gasteiger partial charge in [0.2, 0.25) is 0 Å². The highest BCUT2D eigenvalue weighted by Gasteiger charge is 2.24. The van der Waals surface area contributed by atoms with Crippen molar-refractivity contribution in [1.29, 1.82) is 0 Å². The first kappa shape index (κ1) is 26.7. The molecule has 1 aromatic carbocycles. The Morgan fingerprint density at radius 1 is 1.14 bits per heavy atom. The van der Waals surface area contributed by atoms with Crippen LogP contribution < -0.4 is 0 Å². The average molecular weight is 496 g/mol. The fraction of sp³-hybridized carbons (Fsp3) is 0.370. The monoisotopic (exact) mass is 495 g/mol. The molecule has 0 spiro atoms. The summed E-state index contributed by atoms with van der Waals surface area (Å²) in [6.45, 7) is 7.92. The number of ketones is 1. The first-order valence-corrected chi connectivity index (χ1v) is 11.8. The Labute approximate surface area is 209 Å². The third-order valence-corrected chi connectivity index (χ3v) is 5.62. The number of benzene rings is 1. The maximum Gasteiger partial charge on any atom is 0.312 e. The number of halogens is 1. The largest absolute Gasteiger partial charge is 0.463 e. The number of ether oxygens (including phenoxy) is 1. The van der Waals surface area contributed by atoms with E-state index in [2.05, 4.69) is 4.98 Å². The molecule has 2 heterocycles. The molecule has 0 aliphatic rings. The Morgan fingerprint density at radius 2 is 1.89 bits per heavy atom. The molecule has 0 saturated heterocycles. The summed E-state index contributed by atoms with van der Waals surface area (Å²) in [6.07, 6.45) is 3.33. The van der Waals surface area contributed by atoms with Crippen LogP contribution >= 0.6 is 0 Å². The summed E-state index contributed by atoms with van der Waals surface area (Å²) in [5.41, 5.74) is 2.84. The predicted octanol–water partition coefficient (Wildman–Crippen LogP) is 5.41. The lowest BCUT2D eigenvalue weighted by Gasteiger charge is -2.17. The zero-order chi connectivity index (χ0) is 26.4. The second-order valence-electron chi connectivity index (χ2n) is 9.25. The Balaban J connectivity index is 1.95. The zero-order valence-electron chi connectivity index (χ0n) is 20.9. The summed E-state index contributed by atoms with van der Waals surface area (Å²) in [6, 6.07) is 8.80. The van der Waals surface area contributed by atoms with E-state index in [-0.39, 0.29) is 42.8 Å². The van der Waals surface area contributed by atoms with E-state index in [4.69, 9.17) is 4.74 Å². The van der Waals surface area contributed by atoms with Crippen LogP contribution in [0.1, 0.15) is 72.9 Å². The zero-order valence-corrected chi connectivity index (χ0v) is 20.9. The topological polar surface area (TPSA) is 104 Å². The van der Waals surface area contributed by atoms with E-state index in [9.17, 15) is 24.1 Å². The molecule has 0 fully saturated rings. The third-order valence-electron chi connectivity index (χ3n) is 5.62. The fourth-order valence-electron chi connectivity index (χ4n) is 4.20. The minimum Gasteiger partial charge on any atom is -0.463 e. The van der Waals surface area contributed by atoms with Crippen LogP contribution in [-0.4, -0.2) is 32.3 Å². The number of aryl methyl sites for hydroxylation is 1. The molecule has 0 bridgehead atoms. The van der Waals surface area contributed by atoms with Crippen LogP contribution in [0.2, 0.25) is 0 Å². The summed E-state index contributed by atoms with van der Waals surface area (Å²) in [5.74, 6) is -1.33. The number of carbonyl (C=O) groups is 2. The Bertz CT molecular complexity index is 1250. The quantitative estimate of drug-likeness (QED) is 0.152. The number of non-ortho nitro benzene ring substituents is 1. The standard InChI is InChI=1S/C27H30FN3O5/c1-17(2)27-24(25(32)8-7-19-10-21(28)12-23(11-19)31(34)35)13-22(14-26(33)36-18(3)4)30(27)16-20-6-5-9-29-15-20/h5-6,9-13,15,17-18H,7-8,14,16H2,1-4H3. The van der Waals surface area contributed by atoms with Gasteiger partial charge < -0.3 is 9.30 Å². The van der Waals surface area contributed by atoms with Crippen molar-refractivity contribution in [3.05, 3.63) is 92.8 Å². The number of esters is 1. The molecule has 9 heteroatoms. The SMILES string of the molecule is CC(C)OC(=O)Cc1cc(C(=O)CCc2cc(F)cc([N+](=O)[O-])c2)c(C(C)C)n1Cc1cccnc1. The lowest BCUT2D eigenvalue weighted by molar-refractivity contribution is -0.385. The Hall–Kier alpha value is -3.88. The van der Waals surface area contributed by atoms with Crippen LogP contribution in [-0.2, 0) is 28.9 Å². The molecular weight excluding hydrogens is 465 g/mol. The molecular formula is C27H30FN3O5. The molecule has 3 aromatic rings. The highest BCUT2D eigenvalue weighted by atomic mass is 19.1. The smallest absolute Gasteiger partial charge is 0.312 e. The molecule has 3 rings (SSSR count). The number of nitrogens with zero attached hydrogens (tertiary/aromatic N) is 3. The van der Waals surface area contributed by atoms with Gasteiger partial charge in [0.25, 0.3) is 5.69 Å². The second kappa shape index (κ2) is 11.7. The molecule has 36 heavy (non-hydrogen) atoms. The first-order chi connectivity index (χ1) is 17.0. The minimum absolute atomic E-state index is 0.00152. The third kappa shape index (κ3) is 6.84. The second-order valence-corrected chi connectivity index (χ2v) is 9.25. The van der Waals surface area contributed by atoms with E-state index in [0.717, 1.165) is 17.3 Å². The first-order valence-electron chi connectivity index (χ1n) is 11.8. The van der Waals surface area contributed by atoms with Crippen molar-refractivity contribution in [2.24, 2.45) is 0 Å². The van der Waals surface area contributed by atoms with Crippen LogP contribution in [0.15, 0.2) is 48.8 Å². The van der Waals surface area contributed by atoms with Gasteiger partial charge in [0.1, 0.15) is 5.82 Å². The number of nitro benzene ring substituents is 1. The fourth-order valence-corrected chi connectivity index (χ4v) is 4.20. The summed E-state index contributed by atoms with van der Waals surface area (Å²) < 4.78 is 21.1. The van der Waals surface area contributed by atoms with E-state index in [1.165, 1.54) is 12.1 Å². The van der Waals surface area contributed by atoms with Gasteiger partial charge in [0.15, 0.2) is 5.78 Å². The summed E-state index contributed by atoms with van der Waals surface area (Å²) >= 11 is 0. The number of rotatable bonds is 11. The number of nitro groups is 1. The van der Waals surface area contributed by atoms with Gasteiger partial charge in [-0.05, 0) is 55.5 Å². The van der Waals surface area contributed by atoms with Crippen molar-refractivity contribution in [2.45, 2.75) is 65.5 Å². The Morgan fingerprint density at radius 3 is 2.50 bits per heavy atom. The van der Waals surface area contributed by atoms with E-state index in [1.54, 1.807) is 32.3 Å². The highest BCUT2D eigenvalue weighted by molar-refractivity contribution is 5.98. The van der Waals surface area contributed by atoms with Gasteiger partial charge in [-0.1, -0.05) is 19.9 Å². The summed E-state index contributed by atoms with van der Waals surface area (Å²) in [7, 11) is 0. The molecule has 0 N–H and O–H groups in total. The van der Waals surface area contributed by atoms with Crippen LogP contribution in [0.3, 0.4) is 0 Å². The molecule has 0 atom stereocenters. The van der Waals surface area contributed by atoms with Crippen molar-refractivity contribution in [2.75, 3.05) is 0 Å². The van der Waals surface area contributed by atoms with Crippen molar-refractivity contribution in [3.8, 4) is 0 Å². The molecule has 0 aliphatic heterocycles. The Kier molecular flexibility index (Phi) is 8.68. The van der Waals surface area contributed by atoms with Gasteiger partial charge in [0.05, 0.1) is 23.5 Å². The van der Waals surface area contributed by atoms with Gasteiger partial charge >= 0.3 is 5.97 Å². The van der Waals surface area contributed by atoms with Crippen molar-refractivity contribution < 1.29 is 23.6 Å². The molecule has 0 saturated carbocycles. The van der Waals surface area contributed by atoms with Crippen LogP contribution in [0.4, 0.5) is 10.1 Å².